The van der Waals surface area contributed by atoms with Crippen molar-refractivity contribution in [2.24, 2.45) is 5.73 Å². The quantitative estimate of drug-likeness (QED) is 0.616. The number of amides is 2. The number of nitrogens with one attached hydrogen (secondary N) is 2. The molecule has 5 heteroatoms. The average molecular weight is 215 g/mol. The average Bonchev–Trinajstić information content (AvgIpc) is 2.47. The molecule has 2 amide bonds. The maximum Gasteiger partial charge on any atom is 0.315 e. The van der Waals surface area contributed by atoms with E-state index < -0.39 is 5.54 Å². The zero-order valence-electron chi connectivity index (χ0n) is 9.72. The van der Waals surface area contributed by atoms with Gasteiger partial charge in [-0.1, -0.05) is 0 Å². The van der Waals surface area contributed by atoms with E-state index in [2.05, 4.69) is 10.6 Å². The topological polar surface area (TPSA) is 76.4 Å². The summed E-state index contributed by atoms with van der Waals surface area (Å²) >= 11 is 0. The van der Waals surface area contributed by atoms with Crippen molar-refractivity contribution >= 4 is 6.03 Å². The van der Waals surface area contributed by atoms with Gasteiger partial charge in [0.05, 0.1) is 12.1 Å². The van der Waals surface area contributed by atoms with E-state index in [1.807, 2.05) is 20.8 Å². The molecule has 0 bridgehead atoms. The second kappa shape index (κ2) is 4.37. The monoisotopic (exact) mass is 215 g/mol. The number of urea groups is 1. The lowest BCUT2D eigenvalue weighted by Crippen LogP contribution is -2.54. The normalized spacial score (nSPS) is 26.4. The van der Waals surface area contributed by atoms with Gasteiger partial charge in [0.1, 0.15) is 0 Å². The van der Waals surface area contributed by atoms with Gasteiger partial charge in [-0.3, -0.25) is 0 Å². The van der Waals surface area contributed by atoms with Gasteiger partial charge in [0.25, 0.3) is 0 Å². The van der Waals surface area contributed by atoms with Gasteiger partial charge in [-0.2, -0.15) is 0 Å². The van der Waals surface area contributed by atoms with Gasteiger partial charge in [-0.25, -0.2) is 4.79 Å². The van der Waals surface area contributed by atoms with Crippen molar-refractivity contribution in [1.82, 2.24) is 10.6 Å². The minimum atomic E-state index is -0.394. The number of hydrogen-bond acceptors (Lipinski definition) is 3. The van der Waals surface area contributed by atoms with Crippen LogP contribution in [0.25, 0.3) is 0 Å². The molecule has 4 N–H and O–H groups in total. The summed E-state index contributed by atoms with van der Waals surface area (Å²) < 4.78 is 5.20. The summed E-state index contributed by atoms with van der Waals surface area (Å²) in [5.74, 6) is 0. The van der Waals surface area contributed by atoms with E-state index in [4.69, 9.17) is 10.5 Å². The molecule has 0 aromatic heterocycles. The van der Waals surface area contributed by atoms with Crippen LogP contribution in [0.4, 0.5) is 4.79 Å². The van der Waals surface area contributed by atoms with E-state index in [0.29, 0.717) is 19.8 Å². The Bertz CT molecular complexity index is 229. The molecule has 0 radical (unpaired) electrons. The Morgan fingerprint density at radius 1 is 1.53 bits per heavy atom. The van der Waals surface area contributed by atoms with Crippen LogP contribution in [0.2, 0.25) is 0 Å². The number of carbonyl (C=O) groups is 1. The first-order chi connectivity index (χ1) is 6.81. The fourth-order valence-corrected chi connectivity index (χ4v) is 1.40. The molecular weight excluding hydrogens is 194 g/mol. The van der Waals surface area contributed by atoms with Crippen molar-refractivity contribution in [3.05, 3.63) is 0 Å². The molecule has 5 nitrogen and oxygen atoms in total. The summed E-state index contributed by atoms with van der Waals surface area (Å²) in [4.78, 5) is 11.4. The Kier molecular flexibility index (Phi) is 3.57. The third-order valence-electron chi connectivity index (χ3n) is 2.22. The Morgan fingerprint density at radius 3 is 2.67 bits per heavy atom. The lowest BCUT2D eigenvalue weighted by molar-refractivity contribution is 0.176. The minimum Gasteiger partial charge on any atom is -0.379 e. The summed E-state index contributed by atoms with van der Waals surface area (Å²) in [6.07, 6.45) is 0.794. The second-order valence-electron chi connectivity index (χ2n) is 5.22. The third kappa shape index (κ3) is 4.48. The number of ether oxygens (including phenoxy) is 1. The molecule has 1 saturated heterocycles. The summed E-state index contributed by atoms with van der Waals surface area (Å²) in [5.41, 5.74) is 5.39. The van der Waals surface area contributed by atoms with E-state index in [1.54, 1.807) is 0 Å². The Hall–Kier alpha value is -0.810. The van der Waals surface area contributed by atoms with Crippen molar-refractivity contribution in [2.45, 2.75) is 38.3 Å². The van der Waals surface area contributed by atoms with Crippen molar-refractivity contribution in [1.29, 1.82) is 0 Å². The highest BCUT2D eigenvalue weighted by Gasteiger charge is 2.30. The van der Waals surface area contributed by atoms with Gasteiger partial charge in [-0.05, 0) is 27.2 Å². The van der Waals surface area contributed by atoms with Crippen molar-refractivity contribution in [3.63, 3.8) is 0 Å². The van der Waals surface area contributed by atoms with Gasteiger partial charge < -0.3 is 21.1 Å². The molecule has 1 heterocycles. The maximum absolute atomic E-state index is 11.4. The predicted molar refractivity (Wildman–Crippen MR) is 58.6 cm³/mol. The standard InChI is InChI=1S/C10H21N3O2/c1-9(2,3)13-8(14)12-6-10(11)4-5-15-7-10/h4-7,11H2,1-3H3,(H2,12,13,14). The molecular formula is C10H21N3O2. The van der Waals surface area contributed by atoms with Crippen LogP contribution in [0.3, 0.4) is 0 Å². The fourth-order valence-electron chi connectivity index (χ4n) is 1.40. The molecule has 1 unspecified atom stereocenters. The molecule has 0 spiro atoms. The first-order valence-electron chi connectivity index (χ1n) is 5.23. The van der Waals surface area contributed by atoms with Crippen LogP contribution in [-0.2, 0) is 4.74 Å². The molecule has 0 aromatic rings. The molecule has 0 aliphatic carbocycles. The van der Waals surface area contributed by atoms with Gasteiger partial charge in [0.15, 0.2) is 0 Å². The highest BCUT2D eigenvalue weighted by molar-refractivity contribution is 5.74. The van der Waals surface area contributed by atoms with E-state index in [-0.39, 0.29) is 11.6 Å². The maximum atomic E-state index is 11.4. The molecule has 88 valence electrons. The molecule has 1 fully saturated rings. The zero-order chi connectivity index (χ0) is 11.5. The zero-order valence-corrected chi connectivity index (χ0v) is 9.72. The van der Waals surface area contributed by atoms with E-state index in [0.717, 1.165) is 6.42 Å². The Balaban J connectivity index is 2.28. The molecule has 0 aromatic carbocycles. The van der Waals surface area contributed by atoms with Crippen LogP contribution < -0.4 is 16.4 Å². The van der Waals surface area contributed by atoms with Crippen molar-refractivity contribution < 1.29 is 9.53 Å². The van der Waals surface area contributed by atoms with Crippen LogP contribution in [0.1, 0.15) is 27.2 Å². The van der Waals surface area contributed by atoms with Crippen molar-refractivity contribution in [2.75, 3.05) is 19.8 Å². The van der Waals surface area contributed by atoms with Crippen LogP contribution >= 0.6 is 0 Å². The van der Waals surface area contributed by atoms with Gasteiger partial charge in [0, 0.05) is 18.7 Å². The van der Waals surface area contributed by atoms with E-state index in [9.17, 15) is 4.79 Å². The molecule has 0 saturated carbocycles. The lowest BCUT2D eigenvalue weighted by Gasteiger charge is -2.25. The molecule has 1 aliphatic heterocycles. The van der Waals surface area contributed by atoms with Gasteiger partial charge >= 0.3 is 6.03 Å². The molecule has 1 aliphatic rings. The molecule has 1 rings (SSSR count). The molecule has 15 heavy (non-hydrogen) atoms. The van der Waals surface area contributed by atoms with Crippen LogP contribution in [-0.4, -0.2) is 36.9 Å². The summed E-state index contributed by atoms with van der Waals surface area (Å²) in [7, 11) is 0. The number of hydrogen-bond donors (Lipinski definition) is 3. The minimum absolute atomic E-state index is 0.181. The third-order valence-corrected chi connectivity index (χ3v) is 2.22. The Labute approximate surface area is 90.7 Å². The van der Waals surface area contributed by atoms with E-state index in [1.165, 1.54) is 0 Å². The Morgan fingerprint density at radius 2 is 2.20 bits per heavy atom. The summed E-state index contributed by atoms with van der Waals surface area (Å²) in [5, 5.41) is 5.58. The largest absolute Gasteiger partial charge is 0.379 e. The molecule has 1 atom stereocenters. The highest BCUT2D eigenvalue weighted by Crippen LogP contribution is 2.13. The highest BCUT2D eigenvalue weighted by atomic mass is 16.5. The fraction of sp³-hybridized carbons (Fsp3) is 0.900. The first kappa shape index (κ1) is 12.3. The summed E-state index contributed by atoms with van der Waals surface area (Å²) in [6.45, 7) is 7.45. The number of rotatable bonds is 2. The SMILES string of the molecule is CC(C)(C)NC(=O)NCC1(N)CCOC1. The van der Waals surface area contributed by atoms with Crippen LogP contribution in [0.15, 0.2) is 0 Å². The van der Waals surface area contributed by atoms with Crippen LogP contribution in [0, 0.1) is 0 Å². The van der Waals surface area contributed by atoms with E-state index >= 15 is 0 Å². The van der Waals surface area contributed by atoms with Gasteiger partial charge in [-0.15, -0.1) is 0 Å². The smallest absolute Gasteiger partial charge is 0.315 e. The lowest BCUT2D eigenvalue weighted by atomic mass is 10.0. The van der Waals surface area contributed by atoms with Crippen molar-refractivity contribution in [3.8, 4) is 0 Å². The first-order valence-corrected chi connectivity index (χ1v) is 5.23. The second-order valence-corrected chi connectivity index (χ2v) is 5.22. The van der Waals surface area contributed by atoms with Gasteiger partial charge in [0.2, 0.25) is 0 Å². The number of nitrogens with two attached hydrogens (primary N) is 1. The number of carbonyl (C=O) groups excluding carboxylic acids is 1. The predicted octanol–water partition coefficient (Wildman–Crippen LogP) is 0.202. The van der Waals surface area contributed by atoms with Crippen LogP contribution in [0.5, 0.6) is 0 Å². The summed E-state index contributed by atoms with van der Waals surface area (Å²) in [6, 6.07) is -0.181.